The van der Waals surface area contributed by atoms with Gasteiger partial charge in [0.25, 0.3) is 0 Å². The molecule has 3 aromatic rings. The minimum absolute atomic E-state index is 0.240. The van der Waals surface area contributed by atoms with Gasteiger partial charge in [0.15, 0.2) is 0 Å². The maximum absolute atomic E-state index is 12.1. The summed E-state index contributed by atoms with van der Waals surface area (Å²) in [7, 11) is 0. The average molecular weight is 635 g/mol. The van der Waals surface area contributed by atoms with Gasteiger partial charge in [0.1, 0.15) is 17.1 Å². The SMILES string of the molecule is O=C(CCCCCBr)Oc1ccc(OC(=[OH+])c2ccc3cc(OC(=O)CCCCCBr)ccc3c2)cc1. The van der Waals surface area contributed by atoms with Crippen LogP contribution in [-0.4, -0.2) is 33.4 Å². The zero-order chi connectivity index (χ0) is 26.5. The van der Waals surface area contributed by atoms with Crippen molar-refractivity contribution in [3.63, 3.8) is 0 Å². The molecule has 0 radical (unpaired) electrons. The van der Waals surface area contributed by atoms with Crippen molar-refractivity contribution in [3.05, 3.63) is 66.2 Å². The molecule has 0 atom stereocenters. The summed E-state index contributed by atoms with van der Waals surface area (Å²) in [6, 6.07) is 17.2. The molecule has 8 heteroatoms. The number of hydrogen-bond acceptors (Lipinski definition) is 5. The van der Waals surface area contributed by atoms with Gasteiger partial charge in [0.2, 0.25) is 5.75 Å². The number of benzene rings is 3. The van der Waals surface area contributed by atoms with Gasteiger partial charge in [0.05, 0.1) is 0 Å². The molecule has 0 amide bonds. The molecule has 1 N–H and O–H groups in total. The topological polar surface area (TPSA) is 83.2 Å². The number of unbranched alkanes of at least 4 members (excludes halogenated alkanes) is 4. The first-order valence-electron chi connectivity index (χ1n) is 12.4. The molecule has 0 aliphatic heterocycles. The van der Waals surface area contributed by atoms with Crippen LogP contribution >= 0.6 is 31.9 Å². The van der Waals surface area contributed by atoms with E-state index in [9.17, 15) is 14.4 Å². The van der Waals surface area contributed by atoms with Gasteiger partial charge in [-0.2, -0.15) is 0 Å². The van der Waals surface area contributed by atoms with E-state index in [0.29, 0.717) is 35.7 Å². The van der Waals surface area contributed by atoms with Crippen molar-refractivity contribution in [1.29, 1.82) is 0 Å². The molecule has 196 valence electrons. The van der Waals surface area contributed by atoms with Crippen LogP contribution in [0.25, 0.3) is 10.8 Å². The first-order valence-corrected chi connectivity index (χ1v) is 14.6. The molecular formula is C29H31Br2O6+. The van der Waals surface area contributed by atoms with Crippen LogP contribution < -0.4 is 14.2 Å². The Morgan fingerprint density at radius 2 is 1.08 bits per heavy atom. The van der Waals surface area contributed by atoms with Crippen LogP contribution in [-0.2, 0) is 9.59 Å². The van der Waals surface area contributed by atoms with E-state index in [1.54, 1.807) is 48.5 Å². The van der Waals surface area contributed by atoms with Gasteiger partial charge in [-0.3, -0.25) is 14.3 Å². The monoisotopic (exact) mass is 633 g/mol. The first-order chi connectivity index (χ1) is 18.0. The molecule has 0 unspecified atom stereocenters. The number of carbonyl (C=O) groups is 2. The van der Waals surface area contributed by atoms with E-state index < -0.39 is 0 Å². The highest BCUT2D eigenvalue weighted by molar-refractivity contribution is 9.09. The summed E-state index contributed by atoms with van der Waals surface area (Å²) in [5.41, 5.74) is 0.503. The standard InChI is InChI=1S/C29H30Br2O6/c30-17-5-1-3-7-27(32)35-24-13-15-25(16-14-24)37-29(34)23-10-9-22-20-26(12-11-21(22)19-23)36-28(33)8-4-2-6-18-31/h9-16,19-20H,1-8,17-18H2/p+1. The van der Waals surface area contributed by atoms with Gasteiger partial charge in [0, 0.05) is 35.6 Å². The summed E-state index contributed by atoms with van der Waals surface area (Å²) < 4.78 is 16.4. The normalized spacial score (nSPS) is 10.8. The lowest BCUT2D eigenvalue weighted by atomic mass is 10.1. The predicted octanol–water partition coefficient (Wildman–Crippen LogP) is 7.49. The number of fused-ring (bicyclic) bond motifs is 1. The molecule has 0 fully saturated rings. The quantitative estimate of drug-likeness (QED) is 0.0603. The van der Waals surface area contributed by atoms with Gasteiger partial charge in [-0.1, -0.05) is 56.8 Å². The van der Waals surface area contributed by atoms with E-state index in [-0.39, 0.29) is 17.9 Å². The maximum atomic E-state index is 12.1. The Bertz CT molecular complexity index is 1190. The summed E-state index contributed by atoms with van der Waals surface area (Å²) in [6.45, 7) is 0. The number of carbonyl (C=O) groups excluding carboxylic acids is 3. The lowest BCUT2D eigenvalue weighted by Crippen LogP contribution is -2.10. The number of esters is 3. The van der Waals surface area contributed by atoms with Crippen molar-refractivity contribution in [2.45, 2.75) is 51.4 Å². The molecule has 0 aliphatic rings. The molecule has 0 saturated heterocycles. The summed E-state index contributed by atoms with van der Waals surface area (Å²) >= 11 is 6.76. The predicted molar refractivity (Wildman–Crippen MR) is 153 cm³/mol. The largest absolute Gasteiger partial charge is 0.523 e. The Morgan fingerprint density at radius 1 is 0.595 bits per heavy atom. The van der Waals surface area contributed by atoms with Gasteiger partial charge in [-0.25, -0.2) is 0 Å². The summed E-state index contributed by atoms with van der Waals surface area (Å²) in [4.78, 5) is 34.5. The van der Waals surface area contributed by atoms with E-state index in [4.69, 9.17) is 14.2 Å². The van der Waals surface area contributed by atoms with E-state index in [1.165, 1.54) is 0 Å². The van der Waals surface area contributed by atoms with Crippen LogP contribution in [0.15, 0.2) is 60.7 Å². The minimum Gasteiger partial charge on any atom is -0.427 e. The summed E-state index contributed by atoms with van der Waals surface area (Å²) in [6.07, 6.45) is 6.41. The van der Waals surface area contributed by atoms with Crippen molar-refractivity contribution in [2.24, 2.45) is 0 Å². The van der Waals surface area contributed by atoms with Gasteiger partial charge < -0.3 is 14.3 Å². The highest BCUT2D eigenvalue weighted by Gasteiger charge is 2.19. The lowest BCUT2D eigenvalue weighted by molar-refractivity contribution is -0.135. The molecule has 0 saturated carbocycles. The molecule has 0 spiro atoms. The lowest BCUT2D eigenvalue weighted by Gasteiger charge is -2.06. The fraction of sp³-hybridized carbons (Fsp3) is 0.345. The van der Waals surface area contributed by atoms with Crippen molar-refractivity contribution in [1.82, 2.24) is 0 Å². The smallest absolute Gasteiger partial charge is 0.427 e. The highest BCUT2D eigenvalue weighted by atomic mass is 79.9. The van der Waals surface area contributed by atoms with Crippen molar-refractivity contribution < 1.29 is 28.6 Å². The fourth-order valence-corrected chi connectivity index (χ4v) is 4.41. The Morgan fingerprint density at radius 3 is 1.68 bits per heavy atom. The van der Waals surface area contributed by atoms with E-state index >= 15 is 0 Å². The number of halogens is 2. The molecule has 0 bridgehead atoms. The van der Waals surface area contributed by atoms with Crippen molar-refractivity contribution >= 4 is 60.5 Å². The van der Waals surface area contributed by atoms with E-state index in [0.717, 1.165) is 60.0 Å². The van der Waals surface area contributed by atoms with Crippen LogP contribution in [0.5, 0.6) is 17.2 Å². The van der Waals surface area contributed by atoms with Crippen molar-refractivity contribution in [3.8, 4) is 17.2 Å². The molecule has 3 rings (SSSR count). The molecule has 6 nitrogen and oxygen atoms in total. The zero-order valence-corrected chi connectivity index (χ0v) is 23.8. The van der Waals surface area contributed by atoms with Gasteiger partial charge >= 0.3 is 17.9 Å². The van der Waals surface area contributed by atoms with Crippen LogP contribution in [0.2, 0.25) is 0 Å². The first kappa shape index (κ1) is 28.9. The Kier molecular flexibility index (Phi) is 12.1. The molecule has 0 aliphatic carbocycles. The van der Waals surface area contributed by atoms with E-state index in [2.05, 4.69) is 31.9 Å². The van der Waals surface area contributed by atoms with Crippen LogP contribution in [0.3, 0.4) is 0 Å². The second kappa shape index (κ2) is 15.5. The third kappa shape index (κ3) is 9.93. The molecular weight excluding hydrogens is 604 g/mol. The second-order valence-corrected chi connectivity index (χ2v) is 10.1. The van der Waals surface area contributed by atoms with Crippen LogP contribution in [0.1, 0.15) is 56.9 Å². The average Bonchev–Trinajstić information content (AvgIpc) is 2.90. The zero-order valence-electron chi connectivity index (χ0n) is 20.6. The van der Waals surface area contributed by atoms with Crippen LogP contribution in [0, 0.1) is 0 Å². The maximum Gasteiger partial charge on any atom is 0.523 e. The molecule has 3 aromatic carbocycles. The van der Waals surface area contributed by atoms with E-state index in [1.807, 2.05) is 12.1 Å². The summed E-state index contributed by atoms with van der Waals surface area (Å²) in [5.74, 6) is 0.576. The molecule has 0 aromatic heterocycles. The fourth-order valence-electron chi connectivity index (χ4n) is 3.61. The Hall–Kier alpha value is -2.71. The number of hydrogen-bond donors (Lipinski definition) is 0. The highest BCUT2D eigenvalue weighted by Crippen LogP contribution is 2.24. The number of ether oxygens (including phenoxy) is 3. The second-order valence-electron chi connectivity index (χ2n) is 8.55. The Balaban J connectivity index is 1.53. The minimum atomic E-state index is -0.267. The van der Waals surface area contributed by atoms with Crippen molar-refractivity contribution in [2.75, 3.05) is 10.7 Å². The van der Waals surface area contributed by atoms with Gasteiger partial charge in [-0.05, 0) is 72.9 Å². The van der Waals surface area contributed by atoms with Gasteiger partial charge in [-0.15, -0.1) is 0 Å². The molecule has 37 heavy (non-hydrogen) atoms. The third-order valence-electron chi connectivity index (χ3n) is 5.59. The number of rotatable bonds is 14. The number of alkyl halides is 2. The molecule has 0 heterocycles. The Labute approximate surface area is 233 Å². The van der Waals surface area contributed by atoms with Crippen LogP contribution in [0.4, 0.5) is 0 Å². The summed E-state index contributed by atoms with van der Waals surface area (Å²) in [5, 5.41) is 3.61. The third-order valence-corrected chi connectivity index (χ3v) is 6.71.